The van der Waals surface area contributed by atoms with Gasteiger partial charge in [0.25, 0.3) is 6.33 Å². The molecule has 0 fully saturated rings. The van der Waals surface area contributed by atoms with E-state index >= 15 is 0 Å². The van der Waals surface area contributed by atoms with Gasteiger partial charge in [-0.3, -0.25) is 4.57 Å². The van der Waals surface area contributed by atoms with Gasteiger partial charge in [0.1, 0.15) is 5.82 Å². The summed E-state index contributed by atoms with van der Waals surface area (Å²) in [5, 5.41) is 2.17. The van der Waals surface area contributed by atoms with E-state index in [9.17, 15) is 0 Å². The zero-order valence-electron chi connectivity index (χ0n) is 39.7. The molecule has 0 aliphatic rings. The second kappa shape index (κ2) is 19.4. The summed E-state index contributed by atoms with van der Waals surface area (Å²) < 4.78 is 13.7. The minimum atomic E-state index is 0. The second-order valence-corrected chi connectivity index (χ2v) is 17.9. The first-order valence-corrected chi connectivity index (χ1v) is 24.2. The maximum Gasteiger partial charge on any atom is 0.268 e. The van der Waals surface area contributed by atoms with Gasteiger partial charge in [-0.1, -0.05) is 211 Å². The van der Waals surface area contributed by atoms with Gasteiger partial charge < -0.3 is 13.9 Å². The first-order valence-electron chi connectivity index (χ1n) is 24.2. The van der Waals surface area contributed by atoms with Gasteiger partial charge in [0.05, 0.1) is 16.7 Å². The molecule has 13 rings (SSSR count). The summed E-state index contributed by atoms with van der Waals surface area (Å²) in [6.45, 7) is 2.21. The number of rotatable bonds is 10. The van der Waals surface area contributed by atoms with Crippen molar-refractivity contribution in [1.29, 1.82) is 0 Å². The predicted molar refractivity (Wildman–Crippen MR) is 292 cm³/mol. The molecule has 3 heterocycles. The predicted octanol–water partition coefficient (Wildman–Crippen LogP) is 16.2. The number of benzene rings is 10. The van der Waals surface area contributed by atoms with Crippen LogP contribution >= 0.6 is 0 Å². The summed E-state index contributed by atoms with van der Waals surface area (Å²) in [6, 6.07) is 92.5. The minimum absolute atomic E-state index is 0. The van der Waals surface area contributed by atoms with Crippen LogP contribution in [0.25, 0.3) is 106 Å². The standard InChI is InChI=1S/C67H44N4O.Pt/c1-46-59(50-27-12-5-13-28-50)41-51(47-21-6-2-7-22-47)42-60(46)58-38-36-52(43-65(58)72-53-37-39-57-56-29-14-15-32-61(56)71(64(57)44-53)66-35-18-19-40-68-66)69-45-70(63-34-17-16-33-62(63)69)67-54(48-23-8-3-9-24-48)30-20-31-55(67)49-25-10-4-11-26-49;/h2-42H,1H3;/q-2;. The van der Waals surface area contributed by atoms with Gasteiger partial charge in [0.15, 0.2) is 0 Å². The van der Waals surface area contributed by atoms with Crippen molar-refractivity contribution in [2.24, 2.45) is 0 Å². The SMILES string of the molecule is Cc1c(-c2ccccc2)cc(-c2ccccc2)cc1-c1ccc(-n2[c-][n+](-c3c(-c4ccccc4)cccc3-c3ccccc3)c3ccccc32)[c-]c1Oc1[c-]c2c(cc1)c1ccccc1n2-c1ccccn1.[Pt]. The summed E-state index contributed by atoms with van der Waals surface area (Å²) in [5.41, 5.74) is 17.7. The third-order valence-corrected chi connectivity index (χ3v) is 13.7. The van der Waals surface area contributed by atoms with Crippen molar-refractivity contribution in [3.05, 3.63) is 273 Å². The molecule has 0 saturated heterocycles. The normalized spacial score (nSPS) is 11.2. The molecule has 0 saturated carbocycles. The molecular weight excluding hydrogens is 1070 g/mol. The first-order chi connectivity index (χ1) is 35.6. The Hall–Kier alpha value is -8.89. The number of nitrogens with zero attached hydrogens (tertiary/aromatic N) is 4. The molecule has 0 aliphatic heterocycles. The third kappa shape index (κ3) is 8.24. The number of ether oxygens (including phenoxy) is 1. The third-order valence-electron chi connectivity index (χ3n) is 13.7. The monoisotopic (exact) mass is 1120 g/mol. The van der Waals surface area contributed by atoms with Crippen molar-refractivity contribution >= 4 is 32.8 Å². The van der Waals surface area contributed by atoms with Crippen molar-refractivity contribution < 1.29 is 30.4 Å². The fourth-order valence-electron chi connectivity index (χ4n) is 10.3. The van der Waals surface area contributed by atoms with E-state index in [1.165, 1.54) is 0 Å². The Morgan fingerprint density at radius 1 is 0.452 bits per heavy atom. The molecule has 5 nitrogen and oxygen atoms in total. The second-order valence-electron chi connectivity index (χ2n) is 17.9. The number of fused-ring (bicyclic) bond motifs is 4. The van der Waals surface area contributed by atoms with Crippen LogP contribution in [0.15, 0.2) is 249 Å². The van der Waals surface area contributed by atoms with E-state index in [1.54, 1.807) is 0 Å². The number of pyridine rings is 1. The molecule has 0 atom stereocenters. The molecule has 0 bridgehead atoms. The first kappa shape index (κ1) is 45.3. The molecule has 0 aliphatic carbocycles. The van der Waals surface area contributed by atoms with E-state index in [-0.39, 0.29) is 21.1 Å². The van der Waals surface area contributed by atoms with Crippen LogP contribution in [0.4, 0.5) is 0 Å². The van der Waals surface area contributed by atoms with Crippen LogP contribution < -0.4 is 9.30 Å². The minimum Gasteiger partial charge on any atom is -0.509 e. The summed E-state index contributed by atoms with van der Waals surface area (Å²) in [4.78, 5) is 4.79. The molecular formula is C67H44N4OPt-2. The van der Waals surface area contributed by atoms with Gasteiger partial charge in [0.2, 0.25) is 0 Å². The van der Waals surface area contributed by atoms with Crippen molar-refractivity contribution in [3.8, 4) is 84.3 Å². The number of aromatic nitrogens is 4. The maximum absolute atomic E-state index is 7.25. The van der Waals surface area contributed by atoms with E-state index in [0.717, 1.165) is 111 Å². The summed E-state index contributed by atoms with van der Waals surface area (Å²) in [5.74, 6) is 1.92. The van der Waals surface area contributed by atoms with Crippen LogP contribution in [0, 0.1) is 25.4 Å². The van der Waals surface area contributed by atoms with Gasteiger partial charge in [-0.2, -0.15) is 18.2 Å². The zero-order chi connectivity index (χ0) is 48.0. The Labute approximate surface area is 438 Å². The van der Waals surface area contributed by atoms with E-state index < -0.39 is 0 Å². The van der Waals surface area contributed by atoms with Gasteiger partial charge in [-0.15, -0.1) is 23.6 Å². The van der Waals surface area contributed by atoms with E-state index in [2.05, 4.69) is 257 Å². The van der Waals surface area contributed by atoms with Gasteiger partial charge in [-0.05, 0) is 92.3 Å². The molecule has 0 unspecified atom stereocenters. The van der Waals surface area contributed by atoms with Crippen molar-refractivity contribution in [2.45, 2.75) is 6.92 Å². The average molecular weight is 1120 g/mol. The maximum atomic E-state index is 7.25. The Balaban J connectivity index is 0.00000543. The van der Waals surface area contributed by atoms with Crippen LogP contribution in [-0.2, 0) is 21.1 Å². The zero-order valence-corrected chi connectivity index (χ0v) is 42.0. The Morgan fingerprint density at radius 3 is 1.71 bits per heavy atom. The largest absolute Gasteiger partial charge is 0.509 e. The number of para-hydroxylation sites is 4. The van der Waals surface area contributed by atoms with Crippen molar-refractivity contribution in [1.82, 2.24) is 14.1 Å². The van der Waals surface area contributed by atoms with E-state index in [1.807, 2.05) is 30.5 Å². The van der Waals surface area contributed by atoms with E-state index in [4.69, 9.17) is 9.72 Å². The molecule has 6 heteroatoms. The average Bonchev–Trinajstić information content (AvgIpc) is 4.00. The molecule has 10 aromatic carbocycles. The summed E-state index contributed by atoms with van der Waals surface area (Å²) in [6.07, 6.45) is 5.69. The van der Waals surface area contributed by atoms with Crippen LogP contribution in [0.5, 0.6) is 11.5 Å². The number of hydrogen-bond donors (Lipinski definition) is 0. The molecule has 73 heavy (non-hydrogen) atoms. The summed E-state index contributed by atoms with van der Waals surface area (Å²) in [7, 11) is 0. The van der Waals surface area contributed by atoms with Crippen LogP contribution in [0.1, 0.15) is 5.56 Å². The Morgan fingerprint density at radius 2 is 1.04 bits per heavy atom. The molecule has 0 amide bonds. The van der Waals surface area contributed by atoms with Gasteiger partial charge in [0, 0.05) is 44.3 Å². The van der Waals surface area contributed by atoms with Crippen molar-refractivity contribution in [3.63, 3.8) is 0 Å². The number of hydrogen-bond acceptors (Lipinski definition) is 2. The summed E-state index contributed by atoms with van der Waals surface area (Å²) >= 11 is 0. The molecule has 13 aromatic rings. The molecule has 3 aromatic heterocycles. The Kier molecular flexibility index (Phi) is 12.0. The smallest absolute Gasteiger partial charge is 0.268 e. The molecule has 0 N–H and O–H groups in total. The molecule has 350 valence electrons. The number of imidazole rings is 1. The van der Waals surface area contributed by atoms with Crippen LogP contribution in [0.2, 0.25) is 0 Å². The van der Waals surface area contributed by atoms with Gasteiger partial charge >= 0.3 is 0 Å². The van der Waals surface area contributed by atoms with Crippen LogP contribution in [0.3, 0.4) is 0 Å². The molecule has 0 spiro atoms. The fourth-order valence-corrected chi connectivity index (χ4v) is 10.3. The topological polar surface area (TPSA) is 35.9 Å². The van der Waals surface area contributed by atoms with Crippen LogP contribution in [-0.4, -0.2) is 14.1 Å². The van der Waals surface area contributed by atoms with Crippen molar-refractivity contribution in [2.75, 3.05) is 0 Å². The van der Waals surface area contributed by atoms with E-state index in [0.29, 0.717) is 11.5 Å². The quantitative estimate of drug-likeness (QED) is 0.101. The fraction of sp³-hybridized carbons (Fsp3) is 0.0149. The molecule has 0 radical (unpaired) electrons. The van der Waals surface area contributed by atoms with Gasteiger partial charge in [-0.25, -0.2) is 4.98 Å². The Bertz CT molecular complexity index is 4060.